The molecular weight excluding hydrogens is 471 g/mol. The lowest BCUT2D eigenvalue weighted by Crippen LogP contribution is -2.33. The van der Waals surface area contributed by atoms with Gasteiger partial charge in [-0.2, -0.15) is 18.3 Å². The van der Waals surface area contributed by atoms with Crippen molar-refractivity contribution in [3.63, 3.8) is 0 Å². The lowest BCUT2D eigenvalue weighted by atomic mass is 10.0. The Hall–Kier alpha value is -4.22. The molecule has 0 radical (unpaired) electrons. The largest absolute Gasteiger partial charge is 0.416 e. The fourth-order valence-corrected chi connectivity index (χ4v) is 4.24. The van der Waals surface area contributed by atoms with E-state index in [1.807, 2.05) is 0 Å². The molecule has 0 aliphatic carbocycles. The van der Waals surface area contributed by atoms with E-state index in [4.69, 9.17) is 5.73 Å². The van der Waals surface area contributed by atoms with Crippen LogP contribution in [-0.4, -0.2) is 27.3 Å². The molecule has 0 unspecified atom stereocenters. The smallest absolute Gasteiger partial charge is 0.383 e. The first-order valence-electron chi connectivity index (χ1n) is 10.4. The van der Waals surface area contributed by atoms with Crippen LogP contribution in [0.25, 0.3) is 22.2 Å². The van der Waals surface area contributed by atoms with Crippen molar-refractivity contribution in [2.75, 3.05) is 22.5 Å². The van der Waals surface area contributed by atoms with Crippen LogP contribution in [0.1, 0.15) is 11.1 Å². The van der Waals surface area contributed by atoms with E-state index in [9.17, 15) is 22.4 Å². The third kappa shape index (κ3) is 3.70. The van der Waals surface area contributed by atoms with Crippen LogP contribution >= 0.6 is 0 Å². The van der Waals surface area contributed by atoms with Crippen LogP contribution in [0.15, 0.2) is 42.6 Å². The number of aryl methyl sites for hydroxylation is 1. The van der Waals surface area contributed by atoms with Crippen LogP contribution in [0, 0.1) is 11.6 Å². The van der Waals surface area contributed by atoms with E-state index in [-0.39, 0.29) is 35.6 Å². The van der Waals surface area contributed by atoms with Gasteiger partial charge in [0.1, 0.15) is 23.1 Å². The molecule has 0 spiro atoms. The molecule has 1 aliphatic rings. The van der Waals surface area contributed by atoms with Gasteiger partial charge in [0, 0.05) is 30.9 Å². The first-order valence-corrected chi connectivity index (χ1v) is 10.4. The number of anilines is 3. The highest BCUT2D eigenvalue weighted by atomic mass is 19.4. The zero-order valence-corrected chi connectivity index (χ0v) is 18.1. The van der Waals surface area contributed by atoms with Crippen molar-refractivity contribution in [1.29, 1.82) is 0 Å². The molecule has 2 amide bonds. The molecule has 0 saturated carbocycles. The summed E-state index contributed by atoms with van der Waals surface area (Å²) in [7, 11) is 1.69. The number of halogens is 5. The number of nitrogens with two attached hydrogens (primary N) is 1. The number of benzene rings is 2. The van der Waals surface area contributed by atoms with E-state index in [2.05, 4.69) is 15.4 Å². The Morgan fingerprint density at radius 2 is 1.91 bits per heavy atom. The summed E-state index contributed by atoms with van der Waals surface area (Å²) in [6, 6.07) is 5.49. The molecule has 3 heterocycles. The number of nitrogens with one attached hydrogen (secondary N) is 1. The Bertz CT molecular complexity index is 1500. The normalized spacial score (nSPS) is 13.4. The quantitative estimate of drug-likeness (QED) is 0.384. The van der Waals surface area contributed by atoms with Crippen molar-refractivity contribution in [1.82, 2.24) is 14.8 Å². The molecular formula is C23H17F5N6O. The Labute approximate surface area is 195 Å². The number of carbonyl (C=O) groups excluding carboxylic acids is 1. The van der Waals surface area contributed by atoms with Gasteiger partial charge >= 0.3 is 12.2 Å². The monoisotopic (exact) mass is 488 g/mol. The molecule has 2 aromatic heterocycles. The number of nitrogen functional groups attached to an aromatic ring is 1. The van der Waals surface area contributed by atoms with Crippen molar-refractivity contribution >= 4 is 34.1 Å². The third-order valence-corrected chi connectivity index (χ3v) is 5.92. The number of amides is 2. The second-order valence-corrected chi connectivity index (χ2v) is 8.01. The highest BCUT2D eigenvalue weighted by Gasteiger charge is 2.33. The summed E-state index contributed by atoms with van der Waals surface area (Å²) in [5.41, 5.74) is 5.85. The van der Waals surface area contributed by atoms with Crippen LogP contribution in [-0.2, 0) is 19.6 Å². The van der Waals surface area contributed by atoms with Gasteiger partial charge in [-0.25, -0.2) is 18.6 Å². The molecule has 180 valence electrons. The van der Waals surface area contributed by atoms with E-state index in [1.54, 1.807) is 17.8 Å². The summed E-state index contributed by atoms with van der Waals surface area (Å²) in [5, 5.41) is 7.03. The Morgan fingerprint density at radius 3 is 2.66 bits per heavy atom. The molecule has 35 heavy (non-hydrogen) atoms. The van der Waals surface area contributed by atoms with E-state index < -0.39 is 35.1 Å². The molecule has 12 heteroatoms. The Morgan fingerprint density at radius 1 is 1.14 bits per heavy atom. The van der Waals surface area contributed by atoms with Gasteiger partial charge in [-0.05, 0) is 42.8 Å². The van der Waals surface area contributed by atoms with E-state index in [1.165, 1.54) is 18.3 Å². The van der Waals surface area contributed by atoms with Gasteiger partial charge < -0.3 is 11.1 Å². The minimum absolute atomic E-state index is 0.0504. The second-order valence-electron chi connectivity index (χ2n) is 8.01. The Balaban J connectivity index is 1.48. The summed E-state index contributed by atoms with van der Waals surface area (Å²) in [6.07, 6.45) is -3.04. The number of aromatic nitrogens is 3. The van der Waals surface area contributed by atoms with Gasteiger partial charge in [0.2, 0.25) is 0 Å². The molecule has 3 N–H and O–H groups in total. The number of urea groups is 1. The number of alkyl halides is 3. The fourth-order valence-electron chi connectivity index (χ4n) is 4.24. The average molecular weight is 488 g/mol. The zero-order chi connectivity index (χ0) is 25.1. The van der Waals surface area contributed by atoms with Crippen LogP contribution in [0.4, 0.5) is 43.9 Å². The van der Waals surface area contributed by atoms with Crippen molar-refractivity contribution < 1.29 is 26.7 Å². The van der Waals surface area contributed by atoms with Crippen LogP contribution in [0.5, 0.6) is 0 Å². The maximum Gasteiger partial charge on any atom is 0.416 e. The molecule has 7 nitrogen and oxygen atoms in total. The summed E-state index contributed by atoms with van der Waals surface area (Å²) >= 11 is 0. The molecule has 4 aromatic rings. The Kier molecular flexibility index (Phi) is 5.11. The van der Waals surface area contributed by atoms with Crippen molar-refractivity contribution in [3.05, 3.63) is 65.4 Å². The van der Waals surface area contributed by atoms with E-state index in [0.29, 0.717) is 34.8 Å². The number of hydrogen-bond acceptors (Lipinski definition) is 4. The summed E-state index contributed by atoms with van der Waals surface area (Å²) in [4.78, 5) is 18.0. The lowest BCUT2D eigenvalue weighted by molar-refractivity contribution is -0.137. The third-order valence-electron chi connectivity index (χ3n) is 5.92. The first kappa shape index (κ1) is 22.6. The topological polar surface area (TPSA) is 89.1 Å². The van der Waals surface area contributed by atoms with E-state index in [0.717, 1.165) is 4.90 Å². The number of hydrogen-bond donors (Lipinski definition) is 2. The van der Waals surface area contributed by atoms with Crippen molar-refractivity contribution in [2.24, 2.45) is 7.05 Å². The molecule has 0 fully saturated rings. The maximum atomic E-state index is 15.6. The molecule has 0 bridgehead atoms. The number of nitrogens with zero attached hydrogens (tertiary/aromatic N) is 4. The van der Waals surface area contributed by atoms with Gasteiger partial charge in [-0.15, -0.1) is 0 Å². The highest BCUT2D eigenvalue weighted by molar-refractivity contribution is 6.04. The number of carbonyl (C=O) groups is 1. The van der Waals surface area contributed by atoms with Gasteiger partial charge in [-0.1, -0.05) is 0 Å². The minimum Gasteiger partial charge on any atom is -0.383 e. The molecule has 1 aliphatic heterocycles. The predicted molar refractivity (Wildman–Crippen MR) is 120 cm³/mol. The number of fused-ring (bicyclic) bond motifs is 2. The zero-order valence-electron chi connectivity index (χ0n) is 18.1. The number of pyridine rings is 1. The van der Waals surface area contributed by atoms with Gasteiger partial charge in [0.15, 0.2) is 0 Å². The number of rotatable bonds is 2. The molecule has 5 rings (SSSR count). The van der Waals surface area contributed by atoms with Crippen molar-refractivity contribution in [2.45, 2.75) is 12.6 Å². The minimum atomic E-state index is -4.71. The van der Waals surface area contributed by atoms with Crippen LogP contribution in [0.3, 0.4) is 0 Å². The molecule has 0 saturated heterocycles. The molecule has 0 atom stereocenters. The standard InChI is InChI=1S/C23H17F5N6O/c1-33-17-6-8-30-21(29)18(17)20(32-33)13-3-5-16-12(19(13)25)7-9-34(16)22(35)31-15-10-11(23(26,27)28)2-4-14(15)24/h2-6,8,10H,7,9H2,1H3,(H2,29,30)(H,31,35). The predicted octanol–water partition coefficient (Wildman–Crippen LogP) is 5.11. The SMILES string of the molecule is Cn1nc(-c2ccc3c(c2F)CCN3C(=O)Nc2cc(C(F)(F)F)ccc2F)c2c(N)nccc21. The molecule has 2 aromatic carbocycles. The van der Waals surface area contributed by atoms with Crippen molar-refractivity contribution in [3.8, 4) is 11.3 Å². The second kappa shape index (κ2) is 7.93. The average Bonchev–Trinajstić information content (AvgIpc) is 3.38. The van der Waals surface area contributed by atoms with Gasteiger partial charge in [0.05, 0.1) is 27.8 Å². The lowest BCUT2D eigenvalue weighted by Gasteiger charge is -2.19. The van der Waals surface area contributed by atoms with Crippen LogP contribution in [0.2, 0.25) is 0 Å². The summed E-state index contributed by atoms with van der Waals surface area (Å²) in [6.45, 7) is 0.0504. The maximum absolute atomic E-state index is 15.6. The highest BCUT2D eigenvalue weighted by Crippen LogP contribution is 2.39. The van der Waals surface area contributed by atoms with Gasteiger partial charge in [-0.3, -0.25) is 9.58 Å². The fraction of sp³-hybridized carbons (Fsp3) is 0.174. The summed E-state index contributed by atoms with van der Waals surface area (Å²) in [5.74, 6) is -1.44. The summed E-state index contributed by atoms with van der Waals surface area (Å²) < 4.78 is 70.2. The first-order chi connectivity index (χ1) is 16.6. The van der Waals surface area contributed by atoms with Crippen LogP contribution < -0.4 is 16.0 Å². The van der Waals surface area contributed by atoms with Gasteiger partial charge in [0.25, 0.3) is 0 Å². The van der Waals surface area contributed by atoms with E-state index >= 15 is 4.39 Å².